The minimum absolute atomic E-state index is 0.0989. The number of aliphatic imine (C=N–C) groups is 1. The minimum Gasteiger partial charge on any atom is -0.497 e. The normalized spacial score (nSPS) is 18.8. The minimum atomic E-state index is -1.08. The van der Waals surface area contributed by atoms with Gasteiger partial charge in [-0.3, -0.25) is 9.59 Å². The van der Waals surface area contributed by atoms with E-state index in [-0.39, 0.29) is 18.2 Å². The van der Waals surface area contributed by atoms with Crippen molar-refractivity contribution in [3.05, 3.63) is 94.5 Å². The number of carbonyl (C=O) groups excluding carboxylic acids is 2. The molecule has 38 heavy (non-hydrogen) atoms. The van der Waals surface area contributed by atoms with Crippen LogP contribution >= 0.6 is 23.4 Å². The van der Waals surface area contributed by atoms with Crippen molar-refractivity contribution in [1.82, 2.24) is 5.01 Å². The molecule has 3 aromatic rings. The predicted octanol–water partition coefficient (Wildman–Crippen LogP) is 5.80. The zero-order valence-electron chi connectivity index (χ0n) is 20.0. The number of rotatable bonds is 6. The number of nitrogens with one attached hydrogen (secondary N) is 1. The second-order valence-corrected chi connectivity index (χ2v) is 10.2. The lowest BCUT2D eigenvalue weighted by molar-refractivity contribution is -0.121. The summed E-state index contributed by atoms with van der Waals surface area (Å²) in [6.45, 7) is 0. The summed E-state index contributed by atoms with van der Waals surface area (Å²) in [5.41, 5.74) is 2.75. The van der Waals surface area contributed by atoms with Gasteiger partial charge in [-0.25, -0.2) is 13.8 Å². The highest BCUT2D eigenvalue weighted by molar-refractivity contribution is 8.15. The third kappa shape index (κ3) is 5.56. The van der Waals surface area contributed by atoms with Gasteiger partial charge in [0.05, 0.1) is 18.9 Å². The molecule has 2 atom stereocenters. The summed E-state index contributed by atoms with van der Waals surface area (Å²) in [7, 11) is 1.59. The van der Waals surface area contributed by atoms with Gasteiger partial charge in [0.1, 0.15) is 11.0 Å². The van der Waals surface area contributed by atoms with Crippen LogP contribution < -0.4 is 10.1 Å². The fourth-order valence-corrected chi connectivity index (χ4v) is 5.34. The SMILES string of the molecule is COc1ccc([C@H]2CC(c3ccc(Cl)cc3)=NN2C2=NC(=O)[C@H](CC(=O)Nc3ccc(F)c(F)c3)S2)cc1. The van der Waals surface area contributed by atoms with Gasteiger partial charge < -0.3 is 10.1 Å². The summed E-state index contributed by atoms with van der Waals surface area (Å²) >= 11 is 7.20. The molecule has 1 N–H and O–H groups in total. The molecule has 2 aliphatic heterocycles. The van der Waals surface area contributed by atoms with E-state index >= 15 is 0 Å². The van der Waals surface area contributed by atoms with Crippen LogP contribution in [0.15, 0.2) is 76.8 Å². The molecule has 0 saturated carbocycles. The monoisotopic (exact) mass is 554 g/mol. The smallest absolute Gasteiger partial charge is 0.262 e. The average molecular weight is 555 g/mol. The molecule has 0 bridgehead atoms. The second kappa shape index (κ2) is 10.9. The molecule has 2 aliphatic rings. The van der Waals surface area contributed by atoms with Gasteiger partial charge in [0.15, 0.2) is 16.8 Å². The van der Waals surface area contributed by atoms with Crippen LogP contribution in [0.2, 0.25) is 5.02 Å². The van der Waals surface area contributed by atoms with Crippen molar-refractivity contribution in [3.8, 4) is 5.75 Å². The Kier molecular flexibility index (Phi) is 7.44. The second-order valence-electron chi connectivity index (χ2n) is 8.61. The molecule has 11 heteroatoms. The van der Waals surface area contributed by atoms with Crippen molar-refractivity contribution in [2.24, 2.45) is 10.1 Å². The Balaban J connectivity index is 1.34. The number of hydrogen-bond acceptors (Lipinski definition) is 6. The van der Waals surface area contributed by atoms with Crippen LogP contribution in [0.4, 0.5) is 14.5 Å². The fourth-order valence-electron chi connectivity index (χ4n) is 4.15. The summed E-state index contributed by atoms with van der Waals surface area (Å²) in [4.78, 5) is 29.5. The number of methoxy groups -OCH3 is 1. The Morgan fingerprint density at radius 2 is 1.84 bits per heavy atom. The van der Waals surface area contributed by atoms with E-state index in [2.05, 4.69) is 10.3 Å². The number of carbonyl (C=O) groups is 2. The Labute approximate surface area is 226 Å². The van der Waals surface area contributed by atoms with Gasteiger partial charge in [0.2, 0.25) is 5.91 Å². The first kappa shape index (κ1) is 25.9. The molecule has 5 rings (SSSR count). The molecule has 0 aliphatic carbocycles. The van der Waals surface area contributed by atoms with E-state index in [0.717, 1.165) is 40.7 Å². The lowest BCUT2D eigenvalue weighted by Crippen LogP contribution is -2.25. The Morgan fingerprint density at radius 1 is 1.11 bits per heavy atom. The first-order valence-corrected chi connectivity index (χ1v) is 12.9. The number of hydrogen-bond donors (Lipinski definition) is 1. The average Bonchev–Trinajstić information content (AvgIpc) is 3.50. The van der Waals surface area contributed by atoms with Gasteiger partial charge in [-0.05, 0) is 47.5 Å². The van der Waals surface area contributed by atoms with E-state index in [1.807, 2.05) is 36.4 Å². The van der Waals surface area contributed by atoms with Gasteiger partial charge in [-0.15, -0.1) is 0 Å². The van der Waals surface area contributed by atoms with Crippen LogP contribution in [0, 0.1) is 11.6 Å². The molecule has 0 saturated heterocycles. The van der Waals surface area contributed by atoms with E-state index in [4.69, 9.17) is 21.4 Å². The number of hydrazone groups is 1. The molecular formula is C27H21ClF2N4O3S. The topological polar surface area (TPSA) is 83.4 Å². The van der Waals surface area contributed by atoms with Crippen LogP contribution in [0.5, 0.6) is 5.75 Å². The van der Waals surface area contributed by atoms with Crippen molar-refractivity contribution in [2.75, 3.05) is 12.4 Å². The maximum Gasteiger partial charge on any atom is 0.262 e. The lowest BCUT2D eigenvalue weighted by atomic mass is 9.98. The molecular weight excluding hydrogens is 534 g/mol. The van der Waals surface area contributed by atoms with Crippen molar-refractivity contribution in [3.63, 3.8) is 0 Å². The van der Waals surface area contributed by atoms with E-state index < -0.39 is 28.7 Å². The van der Waals surface area contributed by atoms with E-state index in [0.29, 0.717) is 22.4 Å². The maximum absolute atomic E-state index is 13.5. The highest BCUT2D eigenvalue weighted by Gasteiger charge is 2.39. The van der Waals surface area contributed by atoms with Gasteiger partial charge >= 0.3 is 0 Å². The fraction of sp³-hybridized carbons (Fsp3) is 0.185. The first-order chi connectivity index (χ1) is 18.3. The lowest BCUT2D eigenvalue weighted by Gasteiger charge is -2.23. The molecule has 194 valence electrons. The Hall–Kier alpha value is -3.76. The zero-order valence-corrected chi connectivity index (χ0v) is 21.6. The number of ether oxygens (including phenoxy) is 1. The largest absolute Gasteiger partial charge is 0.497 e. The molecule has 0 aromatic heterocycles. The van der Waals surface area contributed by atoms with Crippen molar-refractivity contribution >= 4 is 51.7 Å². The van der Waals surface area contributed by atoms with E-state index in [1.54, 1.807) is 24.3 Å². The van der Waals surface area contributed by atoms with Crippen LogP contribution in [0.25, 0.3) is 0 Å². The van der Waals surface area contributed by atoms with Gasteiger partial charge in [-0.1, -0.05) is 47.6 Å². The number of halogens is 3. The highest BCUT2D eigenvalue weighted by Crippen LogP contribution is 2.39. The van der Waals surface area contributed by atoms with Gasteiger partial charge in [0.25, 0.3) is 5.91 Å². The molecule has 2 heterocycles. The number of benzene rings is 3. The third-order valence-corrected chi connectivity index (χ3v) is 7.48. The predicted molar refractivity (Wildman–Crippen MR) is 144 cm³/mol. The first-order valence-electron chi connectivity index (χ1n) is 11.6. The molecule has 0 unspecified atom stereocenters. The Morgan fingerprint density at radius 3 is 2.53 bits per heavy atom. The van der Waals surface area contributed by atoms with Crippen molar-refractivity contribution in [1.29, 1.82) is 0 Å². The molecule has 2 amide bonds. The van der Waals surface area contributed by atoms with Gasteiger partial charge in [0, 0.05) is 29.6 Å². The maximum atomic E-state index is 13.5. The molecule has 7 nitrogen and oxygen atoms in total. The summed E-state index contributed by atoms with van der Waals surface area (Å²) in [6.07, 6.45) is 0.368. The van der Waals surface area contributed by atoms with Crippen LogP contribution in [0.1, 0.15) is 30.0 Å². The number of amidine groups is 1. The summed E-state index contributed by atoms with van der Waals surface area (Å²) < 4.78 is 31.9. The number of amides is 2. The summed E-state index contributed by atoms with van der Waals surface area (Å²) in [6, 6.07) is 17.7. The van der Waals surface area contributed by atoms with Crippen LogP contribution in [-0.2, 0) is 9.59 Å². The molecule has 3 aromatic carbocycles. The van der Waals surface area contributed by atoms with Crippen LogP contribution in [0.3, 0.4) is 0 Å². The molecule has 0 spiro atoms. The standard InChI is InChI=1S/C27H21ClF2N4O3S/c1-37-19-9-4-16(5-10-19)23-13-22(15-2-6-17(28)7-3-15)33-34(23)27-32-26(36)24(38-27)14-25(35)31-18-8-11-20(29)21(30)12-18/h2-12,23-24H,13-14H2,1H3,(H,31,35)/t23-,24+/m1/s1. The zero-order chi connectivity index (χ0) is 26.8. The van der Waals surface area contributed by atoms with Crippen molar-refractivity contribution < 1.29 is 23.1 Å². The van der Waals surface area contributed by atoms with Crippen LogP contribution in [-0.4, -0.2) is 40.1 Å². The Bertz CT molecular complexity index is 1450. The summed E-state index contributed by atoms with van der Waals surface area (Å²) in [5, 5.41) is 9.22. The number of anilines is 1. The third-order valence-electron chi connectivity index (χ3n) is 6.09. The number of thioether (sulfide) groups is 1. The number of nitrogens with zero attached hydrogens (tertiary/aromatic N) is 3. The van der Waals surface area contributed by atoms with E-state index in [9.17, 15) is 18.4 Å². The molecule has 0 radical (unpaired) electrons. The van der Waals surface area contributed by atoms with Crippen molar-refractivity contribution in [2.45, 2.75) is 24.1 Å². The van der Waals surface area contributed by atoms with Gasteiger partial charge in [-0.2, -0.15) is 10.1 Å². The quantitative estimate of drug-likeness (QED) is 0.416. The van der Waals surface area contributed by atoms with E-state index in [1.165, 1.54) is 6.07 Å². The summed E-state index contributed by atoms with van der Waals surface area (Å²) in [5.74, 6) is -2.36. The molecule has 0 fully saturated rings. The highest BCUT2D eigenvalue weighted by atomic mass is 35.5.